The zero-order chi connectivity index (χ0) is 11.1. The van der Waals surface area contributed by atoms with E-state index < -0.39 is 0 Å². The standard InChI is InChI=1S/C12H26N2O/c1-11(2)12(3)13-5-4-6-14-7-9-15-10-8-14/h11-13H,4-10H2,1-3H3/t12-/m0/s1. The number of ether oxygens (including phenoxy) is 1. The molecule has 0 amide bonds. The lowest BCUT2D eigenvalue weighted by Crippen LogP contribution is -2.38. The number of rotatable bonds is 6. The summed E-state index contributed by atoms with van der Waals surface area (Å²) >= 11 is 0. The number of morpholine rings is 1. The molecule has 1 atom stereocenters. The molecule has 0 aromatic heterocycles. The van der Waals surface area contributed by atoms with E-state index in [9.17, 15) is 0 Å². The Hall–Kier alpha value is -0.120. The smallest absolute Gasteiger partial charge is 0.0594 e. The van der Waals surface area contributed by atoms with Crippen LogP contribution in [-0.2, 0) is 4.74 Å². The summed E-state index contributed by atoms with van der Waals surface area (Å²) < 4.78 is 5.32. The molecular formula is C12H26N2O. The summed E-state index contributed by atoms with van der Waals surface area (Å²) in [6, 6.07) is 0.634. The molecule has 0 spiro atoms. The molecule has 0 unspecified atom stereocenters. The molecule has 1 aliphatic rings. The summed E-state index contributed by atoms with van der Waals surface area (Å²) in [5.41, 5.74) is 0. The average molecular weight is 214 g/mol. The Morgan fingerprint density at radius 2 is 1.87 bits per heavy atom. The van der Waals surface area contributed by atoms with Crippen LogP contribution in [0.25, 0.3) is 0 Å². The first-order chi connectivity index (χ1) is 7.20. The van der Waals surface area contributed by atoms with Crippen molar-refractivity contribution in [3.8, 4) is 0 Å². The van der Waals surface area contributed by atoms with Crippen LogP contribution in [0.2, 0.25) is 0 Å². The van der Waals surface area contributed by atoms with Crippen LogP contribution in [0.15, 0.2) is 0 Å². The van der Waals surface area contributed by atoms with Gasteiger partial charge < -0.3 is 10.1 Å². The van der Waals surface area contributed by atoms with Crippen LogP contribution in [0, 0.1) is 5.92 Å². The van der Waals surface area contributed by atoms with Crippen molar-refractivity contribution in [1.29, 1.82) is 0 Å². The van der Waals surface area contributed by atoms with Crippen LogP contribution >= 0.6 is 0 Å². The van der Waals surface area contributed by atoms with Crippen molar-refractivity contribution < 1.29 is 4.74 Å². The highest BCUT2D eigenvalue weighted by Gasteiger charge is 2.10. The molecular weight excluding hydrogens is 188 g/mol. The molecule has 1 rings (SSSR count). The topological polar surface area (TPSA) is 24.5 Å². The minimum absolute atomic E-state index is 0.634. The fourth-order valence-corrected chi connectivity index (χ4v) is 1.69. The fraction of sp³-hybridized carbons (Fsp3) is 1.00. The number of hydrogen-bond acceptors (Lipinski definition) is 3. The zero-order valence-electron chi connectivity index (χ0n) is 10.5. The maximum atomic E-state index is 5.32. The van der Waals surface area contributed by atoms with Crippen LogP contribution < -0.4 is 5.32 Å². The second-order valence-electron chi connectivity index (χ2n) is 4.79. The molecule has 3 heteroatoms. The summed E-state index contributed by atoms with van der Waals surface area (Å²) in [5, 5.41) is 3.56. The number of nitrogens with one attached hydrogen (secondary N) is 1. The van der Waals surface area contributed by atoms with Gasteiger partial charge in [0.05, 0.1) is 13.2 Å². The predicted octanol–water partition coefficient (Wildman–Crippen LogP) is 1.34. The van der Waals surface area contributed by atoms with E-state index in [-0.39, 0.29) is 0 Å². The molecule has 1 saturated heterocycles. The third kappa shape index (κ3) is 5.50. The largest absolute Gasteiger partial charge is 0.379 e. The van der Waals surface area contributed by atoms with Crippen LogP contribution in [0.5, 0.6) is 0 Å². The molecule has 1 aliphatic heterocycles. The Labute approximate surface area is 94.2 Å². The van der Waals surface area contributed by atoms with Gasteiger partial charge in [-0.3, -0.25) is 4.90 Å². The average Bonchev–Trinajstić information content (AvgIpc) is 2.25. The summed E-state index contributed by atoms with van der Waals surface area (Å²) in [5.74, 6) is 0.730. The predicted molar refractivity (Wildman–Crippen MR) is 64.2 cm³/mol. The summed E-state index contributed by atoms with van der Waals surface area (Å²) in [4.78, 5) is 2.49. The van der Waals surface area contributed by atoms with Crippen molar-refractivity contribution in [3.05, 3.63) is 0 Å². The van der Waals surface area contributed by atoms with Gasteiger partial charge in [0.25, 0.3) is 0 Å². The highest BCUT2D eigenvalue weighted by atomic mass is 16.5. The molecule has 15 heavy (non-hydrogen) atoms. The number of nitrogens with zero attached hydrogens (tertiary/aromatic N) is 1. The molecule has 1 N–H and O–H groups in total. The Morgan fingerprint density at radius 1 is 1.20 bits per heavy atom. The van der Waals surface area contributed by atoms with Crippen LogP contribution in [0.1, 0.15) is 27.2 Å². The quantitative estimate of drug-likeness (QED) is 0.675. The molecule has 0 saturated carbocycles. The van der Waals surface area contributed by atoms with E-state index in [0.717, 1.165) is 38.8 Å². The molecule has 0 radical (unpaired) electrons. The van der Waals surface area contributed by atoms with E-state index in [0.29, 0.717) is 6.04 Å². The minimum Gasteiger partial charge on any atom is -0.379 e. The first kappa shape index (κ1) is 12.9. The van der Waals surface area contributed by atoms with Crippen molar-refractivity contribution in [2.45, 2.75) is 33.2 Å². The molecule has 0 aromatic carbocycles. The summed E-state index contributed by atoms with van der Waals surface area (Å²) in [6.07, 6.45) is 1.25. The van der Waals surface area contributed by atoms with Gasteiger partial charge in [-0.1, -0.05) is 13.8 Å². The lowest BCUT2D eigenvalue weighted by molar-refractivity contribution is 0.0373. The minimum atomic E-state index is 0.634. The van der Waals surface area contributed by atoms with E-state index in [1.807, 2.05) is 0 Å². The van der Waals surface area contributed by atoms with Gasteiger partial charge in [-0.25, -0.2) is 0 Å². The second-order valence-corrected chi connectivity index (χ2v) is 4.79. The third-order valence-electron chi connectivity index (χ3n) is 3.22. The Bertz CT molecular complexity index is 156. The van der Waals surface area contributed by atoms with Crippen LogP contribution in [0.4, 0.5) is 0 Å². The van der Waals surface area contributed by atoms with Crippen LogP contribution in [0.3, 0.4) is 0 Å². The van der Waals surface area contributed by atoms with Gasteiger partial charge in [0.1, 0.15) is 0 Å². The first-order valence-corrected chi connectivity index (χ1v) is 6.23. The molecule has 0 bridgehead atoms. The lowest BCUT2D eigenvalue weighted by atomic mass is 10.1. The summed E-state index contributed by atoms with van der Waals surface area (Å²) in [6.45, 7) is 13.2. The van der Waals surface area contributed by atoms with E-state index in [2.05, 4.69) is 31.0 Å². The SMILES string of the molecule is CC(C)[C@H](C)NCCCN1CCOCC1. The first-order valence-electron chi connectivity index (χ1n) is 6.23. The highest BCUT2D eigenvalue weighted by Crippen LogP contribution is 2.00. The molecule has 3 nitrogen and oxygen atoms in total. The van der Waals surface area contributed by atoms with Gasteiger partial charge in [0, 0.05) is 19.1 Å². The van der Waals surface area contributed by atoms with E-state index in [4.69, 9.17) is 4.74 Å². The molecule has 1 heterocycles. The number of hydrogen-bond donors (Lipinski definition) is 1. The Morgan fingerprint density at radius 3 is 2.47 bits per heavy atom. The van der Waals surface area contributed by atoms with Crippen molar-refractivity contribution in [1.82, 2.24) is 10.2 Å². The van der Waals surface area contributed by atoms with E-state index >= 15 is 0 Å². The fourth-order valence-electron chi connectivity index (χ4n) is 1.69. The van der Waals surface area contributed by atoms with Crippen molar-refractivity contribution >= 4 is 0 Å². The van der Waals surface area contributed by atoms with Gasteiger partial charge in [0.2, 0.25) is 0 Å². The van der Waals surface area contributed by atoms with E-state index in [1.54, 1.807) is 0 Å². The normalized spacial score (nSPS) is 20.8. The molecule has 0 aromatic rings. The third-order valence-corrected chi connectivity index (χ3v) is 3.22. The molecule has 90 valence electrons. The van der Waals surface area contributed by atoms with Crippen molar-refractivity contribution in [2.24, 2.45) is 5.92 Å². The van der Waals surface area contributed by atoms with Gasteiger partial charge in [-0.15, -0.1) is 0 Å². The summed E-state index contributed by atoms with van der Waals surface area (Å²) in [7, 11) is 0. The van der Waals surface area contributed by atoms with Gasteiger partial charge >= 0.3 is 0 Å². The van der Waals surface area contributed by atoms with Crippen molar-refractivity contribution in [3.63, 3.8) is 0 Å². The second kappa shape index (κ2) is 7.20. The molecule has 1 fully saturated rings. The highest BCUT2D eigenvalue weighted by molar-refractivity contribution is 4.66. The van der Waals surface area contributed by atoms with Gasteiger partial charge in [-0.2, -0.15) is 0 Å². The Kier molecular flexibility index (Phi) is 6.22. The Balaban J connectivity index is 1.96. The van der Waals surface area contributed by atoms with Crippen molar-refractivity contribution in [2.75, 3.05) is 39.4 Å². The maximum Gasteiger partial charge on any atom is 0.0594 e. The van der Waals surface area contributed by atoms with E-state index in [1.165, 1.54) is 13.0 Å². The monoisotopic (exact) mass is 214 g/mol. The van der Waals surface area contributed by atoms with Crippen LogP contribution in [-0.4, -0.2) is 50.3 Å². The van der Waals surface area contributed by atoms with Gasteiger partial charge in [-0.05, 0) is 32.4 Å². The zero-order valence-corrected chi connectivity index (χ0v) is 10.5. The van der Waals surface area contributed by atoms with Gasteiger partial charge in [0.15, 0.2) is 0 Å². The lowest BCUT2D eigenvalue weighted by Gasteiger charge is -2.27. The molecule has 0 aliphatic carbocycles. The maximum absolute atomic E-state index is 5.32.